The zero-order valence-corrected chi connectivity index (χ0v) is 7.65. The number of rotatable bonds is 3. The molecule has 6 heteroatoms. The van der Waals surface area contributed by atoms with Crippen molar-refractivity contribution in [3.63, 3.8) is 0 Å². The summed E-state index contributed by atoms with van der Waals surface area (Å²) in [5.74, 6) is -0.107. The third kappa shape index (κ3) is 1.82. The van der Waals surface area contributed by atoms with Gasteiger partial charge in [-0.1, -0.05) is 0 Å². The number of aromatic nitrogens is 1. The average Bonchev–Trinajstić information content (AvgIpc) is 2.16. The van der Waals surface area contributed by atoms with Crippen LogP contribution >= 0.6 is 11.6 Å². The van der Waals surface area contributed by atoms with Crippen molar-refractivity contribution < 1.29 is 13.6 Å². The first-order valence-corrected chi connectivity index (χ1v) is 4.19. The van der Waals surface area contributed by atoms with Crippen LogP contribution in [0.1, 0.15) is 27.9 Å². The summed E-state index contributed by atoms with van der Waals surface area (Å²) in [6, 6.07) is 0. The maximum atomic E-state index is 12.4. The van der Waals surface area contributed by atoms with E-state index in [1.165, 1.54) is 0 Å². The molecule has 14 heavy (non-hydrogen) atoms. The van der Waals surface area contributed by atoms with Gasteiger partial charge in [0, 0.05) is 17.6 Å². The van der Waals surface area contributed by atoms with Gasteiger partial charge in [-0.05, 0) is 5.56 Å². The lowest BCUT2D eigenvalue weighted by atomic mass is 10.1. The molecule has 0 aromatic carbocycles. The van der Waals surface area contributed by atoms with Crippen LogP contribution in [0.25, 0.3) is 0 Å². The summed E-state index contributed by atoms with van der Waals surface area (Å²) in [4.78, 5) is 23.6. The third-order valence-corrected chi connectivity index (χ3v) is 2.03. The van der Waals surface area contributed by atoms with Crippen LogP contribution in [0.3, 0.4) is 0 Å². The van der Waals surface area contributed by atoms with E-state index in [2.05, 4.69) is 4.98 Å². The highest BCUT2D eigenvalue weighted by Gasteiger charge is 2.19. The Morgan fingerprint density at radius 3 is 2.64 bits per heavy atom. The Morgan fingerprint density at radius 1 is 1.57 bits per heavy atom. The van der Waals surface area contributed by atoms with Gasteiger partial charge >= 0.3 is 0 Å². The minimum absolute atomic E-state index is 0.107. The zero-order valence-electron chi connectivity index (χ0n) is 6.89. The Hall–Kier alpha value is -1.23. The van der Waals surface area contributed by atoms with Crippen molar-refractivity contribution in [2.45, 2.75) is 12.3 Å². The molecule has 0 radical (unpaired) electrons. The van der Waals surface area contributed by atoms with E-state index in [0.717, 1.165) is 6.20 Å². The Kier molecular flexibility index (Phi) is 3.35. The van der Waals surface area contributed by atoms with Gasteiger partial charge < -0.3 is 4.98 Å². The Labute approximate surface area is 82.7 Å². The van der Waals surface area contributed by atoms with Crippen molar-refractivity contribution in [2.75, 3.05) is 0 Å². The molecule has 0 aliphatic heterocycles. The van der Waals surface area contributed by atoms with E-state index >= 15 is 0 Å². The maximum absolute atomic E-state index is 12.4. The van der Waals surface area contributed by atoms with Crippen molar-refractivity contribution in [1.29, 1.82) is 0 Å². The van der Waals surface area contributed by atoms with Crippen LogP contribution in [0.4, 0.5) is 8.78 Å². The number of carbonyl (C=O) groups is 1. The smallest absolute Gasteiger partial charge is 0.269 e. The molecule has 0 fully saturated rings. The minimum Gasteiger partial charge on any atom is -0.328 e. The van der Waals surface area contributed by atoms with Gasteiger partial charge in [0.15, 0.2) is 6.29 Å². The van der Waals surface area contributed by atoms with Gasteiger partial charge in [-0.15, -0.1) is 11.6 Å². The highest BCUT2D eigenvalue weighted by atomic mass is 35.5. The first-order chi connectivity index (χ1) is 6.61. The third-order valence-electron chi connectivity index (χ3n) is 1.74. The number of halogens is 3. The van der Waals surface area contributed by atoms with Crippen molar-refractivity contribution in [2.24, 2.45) is 0 Å². The van der Waals surface area contributed by atoms with E-state index in [9.17, 15) is 18.4 Å². The molecule has 3 nitrogen and oxygen atoms in total. The molecule has 1 aromatic heterocycles. The molecule has 0 aliphatic rings. The molecule has 0 atom stereocenters. The first-order valence-electron chi connectivity index (χ1n) is 3.65. The molecule has 1 N–H and O–H groups in total. The summed E-state index contributed by atoms with van der Waals surface area (Å²) in [6.45, 7) is 0. The molecule has 0 unspecified atom stereocenters. The molecule has 76 valence electrons. The molecular weight excluding hydrogens is 216 g/mol. The summed E-state index contributed by atoms with van der Waals surface area (Å²) in [7, 11) is 0. The normalized spacial score (nSPS) is 10.6. The Morgan fingerprint density at radius 2 is 2.21 bits per heavy atom. The molecule has 0 aliphatic carbocycles. The quantitative estimate of drug-likeness (QED) is 0.626. The topological polar surface area (TPSA) is 49.9 Å². The van der Waals surface area contributed by atoms with Crippen molar-refractivity contribution in [3.8, 4) is 0 Å². The summed E-state index contributed by atoms with van der Waals surface area (Å²) in [5, 5.41) is 0. The minimum atomic E-state index is -2.98. The van der Waals surface area contributed by atoms with Gasteiger partial charge in [0.05, 0.1) is 5.56 Å². The molecule has 1 aromatic rings. The highest BCUT2D eigenvalue weighted by Crippen LogP contribution is 2.20. The van der Waals surface area contributed by atoms with Crippen molar-refractivity contribution in [1.82, 2.24) is 4.98 Å². The number of alkyl halides is 3. The monoisotopic (exact) mass is 221 g/mol. The number of aromatic amines is 1. The van der Waals surface area contributed by atoms with Gasteiger partial charge in [-0.2, -0.15) is 0 Å². The second kappa shape index (κ2) is 4.32. The first kappa shape index (κ1) is 10.8. The number of H-pyrrole nitrogens is 1. The van der Waals surface area contributed by atoms with Crippen molar-refractivity contribution in [3.05, 3.63) is 33.2 Å². The van der Waals surface area contributed by atoms with E-state index < -0.39 is 17.5 Å². The zero-order chi connectivity index (χ0) is 10.7. The lowest BCUT2D eigenvalue weighted by molar-refractivity contribution is 0.110. The molecule has 1 rings (SSSR count). The molecule has 0 spiro atoms. The van der Waals surface area contributed by atoms with Crippen molar-refractivity contribution >= 4 is 17.9 Å². The lowest BCUT2D eigenvalue weighted by Crippen LogP contribution is -2.17. The fourth-order valence-corrected chi connectivity index (χ4v) is 1.29. The second-order valence-corrected chi connectivity index (χ2v) is 2.79. The molecule has 0 bridgehead atoms. The Bertz CT molecular complexity index is 403. The van der Waals surface area contributed by atoms with E-state index in [1.54, 1.807) is 0 Å². The summed E-state index contributed by atoms with van der Waals surface area (Å²) >= 11 is 5.41. The number of pyridine rings is 1. The molecule has 1 heterocycles. The van der Waals surface area contributed by atoms with Gasteiger partial charge in [-0.3, -0.25) is 9.59 Å². The fourth-order valence-electron chi connectivity index (χ4n) is 1.07. The van der Waals surface area contributed by atoms with Crippen LogP contribution < -0.4 is 5.56 Å². The number of aldehydes is 1. The predicted octanol–water partition coefficient (Wildman–Crippen LogP) is 1.86. The highest BCUT2D eigenvalue weighted by molar-refractivity contribution is 6.17. The predicted molar refractivity (Wildman–Crippen MR) is 47.0 cm³/mol. The standard InChI is InChI=1S/C8H6ClF2NO2/c9-1-4-2-12-8(14)6(7(10)11)5(4)3-13/h2-3,7H,1H2,(H,12,14). The largest absolute Gasteiger partial charge is 0.328 e. The number of carbonyl (C=O) groups excluding carboxylic acids is 1. The maximum Gasteiger partial charge on any atom is 0.269 e. The van der Waals surface area contributed by atoms with Crippen LogP contribution in [0.15, 0.2) is 11.0 Å². The lowest BCUT2D eigenvalue weighted by Gasteiger charge is -2.05. The van der Waals surface area contributed by atoms with Crippen LogP contribution in [0.5, 0.6) is 0 Å². The van der Waals surface area contributed by atoms with E-state index in [1.807, 2.05) is 0 Å². The number of hydrogen-bond acceptors (Lipinski definition) is 2. The molecular formula is C8H6ClF2NO2. The van der Waals surface area contributed by atoms with Crippen LogP contribution in [-0.4, -0.2) is 11.3 Å². The van der Waals surface area contributed by atoms with Crippen LogP contribution in [-0.2, 0) is 5.88 Å². The SMILES string of the molecule is O=Cc1c(CCl)c[nH]c(=O)c1C(F)F. The number of nitrogens with one attached hydrogen (secondary N) is 1. The van der Waals surface area contributed by atoms with Gasteiger partial charge in [-0.25, -0.2) is 8.78 Å². The van der Waals surface area contributed by atoms with Gasteiger partial charge in [0.1, 0.15) is 0 Å². The molecule has 0 saturated carbocycles. The Balaban J connectivity index is 3.51. The van der Waals surface area contributed by atoms with E-state index in [0.29, 0.717) is 0 Å². The van der Waals surface area contributed by atoms with Crippen LogP contribution in [0, 0.1) is 0 Å². The van der Waals surface area contributed by atoms with E-state index in [4.69, 9.17) is 11.6 Å². The summed E-state index contributed by atoms with van der Waals surface area (Å²) in [5.41, 5.74) is -1.91. The van der Waals surface area contributed by atoms with Crippen LogP contribution in [0.2, 0.25) is 0 Å². The number of hydrogen-bond donors (Lipinski definition) is 1. The van der Waals surface area contributed by atoms with Gasteiger partial charge in [0.2, 0.25) is 0 Å². The van der Waals surface area contributed by atoms with Gasteiger partial charge in [0.25, 0.3) is 12.0 Å². The summed E-state index contributed by atoms with van der Waals surface area (Å²) in [6.07, 6.45) is -1.61. The summed E-state index contributed by atoms with van der Waals surface area (Å²) < 4.78 is 24.7. The molecule has 0 saturated heterocycles. The second-order valence-electron chi connectivity index (χ2n) is 2.52. The molecule has 0 amide bonds. The van der Waals surface area contributed by atoms with E-state index in [-0.39, 0.29) is 23.3 Å². The fraction of sp³-hybridized carbons (Fsp3) is 0.250. The average molecular weight is 222 g/mol.